The Balaban J connectivity index is 0.000000750. The monoisotopic (exact) mass is 362 g/mol. The Labute approximate surface area is 96.4 Å². The van der Waals surface area contributed by atoms with Gasteiger partial charge in [0.25, 0.3) is 0 Å². The number of fused-ring (bicyclic) bond motifs is 3. The van der Waals surface area contributed by atoms with Crippen molar-refractivity contribution in [2.45, 2.75) is 0 Å². The van der Waals surface area contributed by atoms with Gasteiger partial charge in [-0.05, 0) is 12.1 Å². The van der Waals surface area contributed by atoms with Crippen LogP contribution in [0.25, 0.3) is 21.8 Å². The minimum absolute atomic E-state index is 0. The number of H-pyrrole nitrogens is 1. The maximum atomic E-state index is 3.38. The molecule has 1 aromatic heterocycles. The smallest absolute Gasteiger partial charge is 0.0464 e. The zero-order valence-electron chi connectivity index (χ0n) is 7.44. The molecule has 0 bridgehead atoms. The second-order valence-electron chi connectivity index (χ2n) is 3.22. The number of benzene rings is 2. The Bertz CT molecular complexity index is 518. The molecule has 0 spiro atoms. The maximum absolute atomic E-state index is 3.38. The van der Waals surface area contributed by atoms with E-state index in [1.807, 2.05) is 0 Å². The van der Waals surface area contributed by atoms with Crippen molar-refractivity contribution in [3.05, 3.63) is 48.5 Å². The molecule has 0 aliphatic carbocycles. The molecule has 1 heterocycles. The van der Waals surface area contributed by atoms with Crippen LogP contribution in [0.4, 0.5) is 0 Å². The van der Waals surface area contributed by atoms with Crippen LogP contribution in [0.3, 0.4) is 0 Å². The van der Waals surface area contributed by atoms with Crippen LogP contribution in [-0.2, 0) is 21.1 Å². The van der Waals surface area contributed by atoms with Crippen molar-refractivity contribution < 1.29 is 21.1 Å². The van der Waals surface area contributed by atoms with Gasteiger partial charge in [-0.2, -0.15) is 0 Å². The third kappa shape index (κ3) is 1.29. The van der Waals surface area contributed by atoms with Crippen molar-refractivity contribution >= 4 is 21.8 Å². The summed E-state index contributed by atoms with van der Waals surface area (Å²) in [6.45, 7) is 0. The van der Waals surface area contributed by atoms with Crippen molar-refractivity contribution in [2.75, 3.05) is 0 Å². The molecule has 2 heteroatoms. The molecular weight excluding hydrogens is 353 g/mol. The Morgan fingerprint density at radius 3 is 1.57 bits per heavy atom. The van der Waals surface area contributed by atoms with Crippen LogP contribution in [0.1, 0.15) is 0 Å². The van der Waals surface area contributed by atoms with Crippen LogP contribution in [0, 0.1) is 0 Å². The van der Waals surface area contributed by atoms with Gasteiger partial charge in [-0.3, -0.25) is 0 Å². The van der Waals surface area contributed by atoms with Gasteiger partial charge in [-0.25, -0.2) is 0 Å². The SMILES string of the molecule is [Pt].c1ccc2c(c1)[nH]c1ccccc12. The van der Waals surface area contributed by atoms with Gasteiger partial charge in [0.15, 0.2) is 0 Å². The maximum Gasteiger partial charge on any atom is 0.0464 e. The molecule has 0 amide bonds. The molecule has 2 aromatic carbocycles. The second-order valence-corrected chi connectivity index (χ2v) is 3.22. The number of hydrogen-bond acceptors (Lipinski definition) is 0. The topological polar surface area (TPSA) is 15.8 Å². The Morgan fingerprint density at radius 1 is 0.643 bits per heavy atom. The van der Waals surface area contributed by atoms with Gasteiger partial charge in [0, 0.05) is 42.9 Å². The molecule has 0 aliphatic heterocycles. The van der Waals surface area contributed by atoms with Crippen molar-refractivity contribution in [1.29, 1.82) is 0 Å². The van der Waals surface area contributed by atoms with Crippen LogP contribution in [0.5, 0.6) is 0 Å². The first-order chi connectivity index (χ1) is 6.45. The minimum atomic E-state index is 0. The molecule has 0 saturated carbocycles. The molecule has 0 radical (unpaired) electrons. The van der Waals surface area contributed by atoms with Crippen LogP contribution < -0.4 is 0 Å². The zero-order valence-corrected chi connectivity index (χ0v) is 9.71. The molecule has 3 aromatic rings. The third-order valence-electron chi connectivity index (χ3n) is 2.41. The van der Waals surface area contributed by atoms with E-state index in [4.69, 9.17) is 0 Å². The van der Waals surface area contributed by atoms with E-state index in [2.05, 4.69) is 53.5 Å². The normalized spacial score (nSPS) is 10.3. The summed E-state index contributed by atoms with van der Waals surface area (Å²) in [6, 6.07) is 16.8. The summed E-state index contributed by atoms with van der Waals surface area (Å²) in [6.07, 6.45) is 0. The van der Waals surface area contributed by atoms with Gasteiger partial charge in [0.1, 0.15) is 0 Å². The predicted molar refractivity (Wildman–Crippen MR) is 55.8 cm³/mol. The van der Waals surface area contributed by atoms with Crippen molar-refractivity contribution in [3.8, 4) is 0 Å². The first-order valence-corrected chi connectivity index (χ1v) is 4.40. The quantitative estimate of drug-likeness (QED) is 0.632. The fourth-order valence-corrected chi connectivity index (χ4v) is 1.80. The summed E-state index contributed by atoms with van der Waals surface area (Å²) >= 11 is 0. The molecule has 14 heavy (non-hydrogen) atoms. The number of hydrogen-bond donors (Lipinski definition) is 1. The Morgan fingerprint density at radius 2 is 1.07 bits per heavy atom. The van der Waals surface area contributed by atoms with E-state index < -0.39 is 0 Å². The molecule has 0 fully saturated rings. The molecule has 1 nitrogen and oxygen atoms in total. The summed E-state index contributed by atoms with van der Waals surface area (Å²) in [5.41, 5.74) is 2.42. The molecule has 72 valence electrons. The summed E-state index contributed by atoms with van der Waals surface area (Å²) in [5.74, 6) is 0. The number of aromatic nitrogens is 1. The average Bonchev–Trinajstić information content (AvgIpc) is 2.56. The van der Waals surface area contributed by atoms with Crippen LogP contribution in [-0.4, -0.2) is 4.98 Å². The van der Waals surface area contributed by atoms with Crippen molar-refractivity contribution in [1.82, 2.24) is 4.98 Å². The number of para-hydroxylation sites is 2. The number of nitrogens with one attached hydrogen (secondary N) is 1. The first kappa shape index (κ1) is 9.48. The van der Waals surface area contributed by atoms with Crippen molar-refractivity contribution in [2.24, 2.45) is 0 Å². The molecule has 0 aliphatic rings. The fraction of sp³-hybridized carbons (Fsp3) is 0. The van der Waals surface area contributed by atoms with Gasteiger partial charge in [-0.15, -0.1) is 0 Å². The third-order valence-corrected chi connectivity index (χ3v) is 2.41. The van der Waals surface area contributed by atoms with Gasteiger partial charge in [0.2, 0.25) is 0 Å². The fourth-order valence-electron chi connectivity index (χ4n) is 1.80. The average molecular weight is 362 g/mol. The van der Waals surface area contributed by atoms with Gasteiger partial charge >= 0.3 is 0 Å². The van der Waals surface area contributed by atoms with Gasteiger partial charge in [-0.1, -0.05) is 36.4 Å². The minimum Gasteiger partial charge on any atom is -0.355 e. The number of rotatable bonds is 0. The van der Waals surface area contributed by atoms with Crippen LogP contribution in [0.15, 0.2) is 48.5 Å². The van der Waals surface area contributed by atoms with E-state index in [0.29, 0.717) is 0 Å². The van der Waals surface area contributed by atoms with Crippen molar-refractivity contribution in [3.63, 3.8) is 0 Å². The van der Waals surface area contributed by atoms with Gasteiger partial charge < -0.3 is 4.98 Å². The summed E-state index contributed by atoms with van der Waals surface area (Å²) in [4.78, 5) is 3.38. The molecule has 3 rings (SSSR count). The zero-order chi connectivity index (χ0) is 8.67. The van der Waals surface area contributed by atoms with E-state index in [0.717, 1.165) is 0 Å². The van der Waals surface area contributed by atoms with E-state index in [-0.39, 0.29) is 21.1 Å². The Kier molecular flexibility index (Phi) is 2.43. The second kappa shape index (κ2) is 3.59. The standard InChI is InChI=1S/C12H9N.Pt/c1-3-7-11-9(5-1)10-6-2-4-8-12(10)13-11;/h1-8,13H;. The van der Waals surface area contributed by atoms with E-state index in [9.17, 15) is 0 Å². The molecule has 0 atom stereocenters. The first-order valence-electron chi connectivity index (χ1n) is 4.40. The van der Waals surface area contributed by atoms with E-state index in [1.165, 1.54) is 21.8 Å². The molecule has 0 saturated heterocycles. The Hall–Kier alpha value is -1.07. The molecular formula is C12H9NPt. The molecule has 0 unspecified atom stereocenters. The van der Waals surface area contributed by atoms with E-state index >= 15 is 0 Å². The summed E-state index contributed by atoms with van der Waals surface area (Å²) in [5, 5.41) is 2.61. The van der Waals surface area contributed by atoms with Crippen LogP contribution >= 0.6 is 0 Å². The van der Waals surface area contributed by atoms with Crippen LogP contribution in [0.2, 0.25) is 0 Å². The summed E-state index contributed by atoms with van der Waals surface area (Å²) < 4.78 is 0. The number of aromatic amines is 1. The predicted octanol–water partition coefficient (Wildman–Crippen LogP) is 3.32. The largest absolute Gasteiger partial charge is 0.355 e. The van der Waals surface area contributed by atoms with Gasteiger partial charge in [0.05, 0.1) is 0 Å². The van der Waals surface area contributed by atoms with E-state index in [1.54, 1.807) is 0 Å². The molecule has 1 N–H and O–H groups in total. The summed E-state index contributed by atoms with van der Waals surface area (Å²) in [7, 11) is 0.